The summed E-state index contributed by atoms with van der Waals surface area (Å²) in [5.41, 5.74) is -0.0349. The first-order chi connectivity index (χ1) is 13.8. The summed E-state index contributed by atoms with van der Waals surface area (Å²) in [6, 6.07) is 0. The molecule has 2 saturated carbocycles. The molecule has 0 aromatic rings. The molecule has 4 aliphatic carbocycles. The number of hydrogen-bond acceptors (Lipinski definition) is 6. The summed E-state index contributed by atoms with van der Waals surface area (Å²) in [7, 11) is 0. The van der Waals surface area contributed by atoms with Crippen LogP contribution in [0, 0.1) is 34.5 Å². The fourth-order valence-electron chi connectivity index (χ4n) is 6.83. The predicted octanol–water partition coefficient (Wildman–Crippen LogP) is 2.39. The molecule has 0 heterocycles. The SMILES string of the molecule is C[C@]12C=CC(OC(=O)CO)CC1CC[C@@H]1[C@H]2CC[C@]2(C)C(OC(=O)CO)C=C[C@@H]12. The van der Waals surface area contributed by atoms with Gasteiger partial charge in [0.1, 0.15) is 25.4 Å². The van der Waals surface area contributed by atoms with Crippen molar-refractivity contribution in [3.05, 3.63) is 24.3 Å². The molecule has 29 heavy (non-hydrogen) atoms. The third kappa shape index (κ3) is 3.34. The number of aliphatic hydroxyl groups excluding tert-OH is 2. The van der Waals surface area contributed by atoms with Gasteiger partial charge in [-0.2, -0.15) is 0 Å². The zero-order chi connectivity index (χ0) is 20.8. The molecule has 0 bridgehead atoms. The van der Waals surface area contributed by atoms with Crippen molar-refractivity contribution in [2.24, 2.45) is 34.5 Å². The summed E-state index contributed by atoms with van der Waals surface area (Å²) in [5.74, 6) is 0.784. The van der Waals surface area contributed by atoms with Gasteiger partial charge in [-0.1, -0.05) is 26.0 Å². The van der Waals surface area contributed by atoms with Crippen LogP contribution < -0.4 is 0 Å². The fourth-order valence-corrected chi connectivity index (χ4v) is 6.83. The van der Waals surface area contributed by atoms with Gasteiger partial charge in [0.25, 0.3) is 0 Å². The lowest BCUT2D eigenvalue weighted by atomic mass is 9.46. The minimum absolute atomic E-state index is 0.0695. The maximum atomic E-state index is 11.7. The van der Waals surface area contributed by atoms with E-state index in [0.29, 0.717) is 23.7 Å². The molecule has 6 heteroatoms. The van der Waals surface area contributed by atoms with Crippen molar-refractivity contribution in [2.75, 3.05) is 13.2 Å². The highest BCUT2D eigenvalue weighted by Crippen LogP contribution is 2.64. The van der Waals surface area contributed by atoms with Crippen molar-refractivity contribution >= 4 is 11.9 Å². The van der Waals surface area contributed by atoms with Crippen LogP contribution >= 0.6 is 0 Å². The first-order valence-electron chi connectivity index (χ1n) is 10.8. The second-order valence-corrected chi connectivity index (χ2v) is 9.72. The van der Waals surface area contributed by atoms with Crippen molar-refractivity contribution in [1.82, 2.24) is 0 Å². The Morgan fingerprint density at radius 2 is 1.72 bits per heavy atom. The van der Waals surface area contributed by atoms with Gasteiger partial charge in [-0.25, -0.2) is 9.59 Å². The van der Waals surface area contributed by atoms with Gasteiger partial charge in [-0.05, 0) is 73.3 Å². The highest BCUT2D eigenvalue weighted by atomic mass is 16.6. The van der Waals surface area contributed by atoms with E-state index < -0.39 is 25.2 Å². The average Bonchev–Trinajstić information content (AvgIpc) is 3.04. The Morgan fingerprint density at radius 3 is 2.45 bits per heavy atom. The zero-order valence-electron chi connectivity index (χ0n) is 17.3. The summed E-state index contributed by atoms with van der Waals surface area (Å²) < 4.78 is 10.9. The topological polar surface area (TPSA) is 93.1 Å². The van der Waals surface area contributed by atoms with Crippen LogP contribution in [0.5, 0.6) is 0 Å². The molecular formula is C23H32O6. The van der Waals surface area contributed by atoms with Crippen LogP contribution in [0.25, 0.3) is 0 Å². The monoisotopic (exact) mass is 404 g/mol. The van der Waals surface area contributed by atoms with Crippen LogP contribution in [0.1, 0.15) is 46.0 Å². The number of esters is 2. The molecule has 0 aromatic heterocycles. The number of ether oxygens (including phenoxy) is 2. The first kappa shape index (κ1) is 20.6. The number of fused-ring (bicyclic) bond motifs is 5. The smallest absolute Gasteiger partial charge is 0.332 e. The van der Waals surface area contributed by atoms with Crippen LogP contribution in [0.3, 0.4) is 0 Å². The lowest BCUT2D eigenvalue weighted by Crippen LogP contribution is -2.54. The normalized spacial score (nSPS) is 45.1. The summed E-state index contributed by atoms with van der Waals surface area (Å²) >= 11 is 0. The van der Waals surface area contributed by atoms with E-state index in [4.69, 9.17) is 19.7 Å². The van der Waals surface area contributed by atoms with Crippen LogP contribution in [0.4, 0.5) is 0 Å². The standard InChI is InChI=1S/C23H32O6/c1-22-9-7-15(28-20(26)12-24)11-14(22)3-4-16-17-5-6-19(29-21(27)13-25)23(17,2)10-8-18(16)22/h5-7,9,14-19,24-25H,3-4,8,10-13H2,1-2H3/t14?,15?,16-,17-,18+,19?,22-,23-/m0/s1. The molecule has 8 atom stereocenters. The Morgan fingerprint density at radius 1 is 1.00 bits per heavy atom. The van der Waals surface area contributed by atoms with Crippen molar-refractivity contribution in [2.45, 2.75) is 58.2 Å². The molecule has 160 valence electrons. The summed E-state index contributed by atoms with van der Waals surface area (Å²) in [6.45, 7) is 3.41. The quantitative estimate of drug-likeness (QED) is 0.552. The minimum atomic E-state index is -0.580. The first-order valence-corrected chi connectivity index (χ1v) is 10.8. The van der Waals surface area contributed by atoms with Crippen molar-refractivity contribution in [3.8, 4) is 0 Å². The van der Waals surface area contributed by atoms with Gasteiger partial charge in [0.2, 0.25) is 0 Å². The van der Waals surface area contributed by atoms with E-state index in [1.54, 1.807) is 0 Å². The summed E-state index contributed by atoms with van der Waals surface area (Å²) in [4.78, 5) is 23.1. The number of carbonyl (C=O) groups excluding carboxylic acids is 2. The molecule has 0 spiro atoms. The van der Waals surface area contributed by atoms with E-state index >= 15 is 0 Å². The summed E-state index contributed by atoms with van der Waals surface area (Å²) in [5, 5.41) is 18.0. The lowest BCUT2D eigenvalue weighted by molar-refractivity contribution is -0.162. The van der Waals surface area contributed by atoms with Gasteiger partial charge in [0.15, 0.2) is 0 Å². The average molecular weight is 405 g/mol. The number of carbonyl (C=O) groups is 2. The Hall–Kier alpha value is -1.66. The highest BCUT2D eigenvalue weighted by molar-refractivity contribution is 5.71. The summed E-state index contributed by atoms with van der Waals surface area (Å²) in [6.07, 6.45) is 13.1. The molecule has 2 N–H and O–H groups in total. The molecule has 6 nitrogen and oxygen atoms in total. The van der Waals surface area contributed by atoms with E-state index in [-0.39, 0.29) is 23.0 Å². The van der Waals surface area contributed by atoms with Crippen LogP contribution in [-0.2, 0) is 19.1 Å². The molecule has 2 fully saturated rings. The van der Waals surface area contributed by atoms with Crippen LogP contribution in [-0.4, -0.2) is 47.6 Å². The second-order valence-electron chi connectivity index (χ2n) is 9.72. The Bertz CT molecular complexity index is 729. The van der Waals surface area contributed by atoms with Crippen molar-refractivity contribution in [1.29, 1.82) is 0 Å². The van der Waals surface area contributed by atoms with Gasteiger partial charge in [0.05, 0.1) is 0 Å². The molecule has 0 radical (unpaired) electrons. The molecule has 0 aliphatic heterocycles. The lowest BCUT2D eigenvalue weighted by Gasteiger charge is -2.59. The number of allylic oxidation sites excluding steroid dienone is 2. The molecule has 0 aromatic carbocycles. The highest BCUT2D eigenvalue weighted by Gasteiger charge is 2.59. The third-order valence-corrected chi connectivity index (χ3v) is 8.39. The van der Waals surface area contributed by atoms with E-state index in [9.17, 15) is 9.59 Å². The Balaban J connectivity index is 1.52. The molecule has 4 aliphatic rings. The van der Waals surface area contributed by atoms with Crippen LogP contribution in [0.2, 0.25) is 0 Å². The van der Waals surface area contributed by atoms with E-state index in [2.05, 4.69) is 26.0 Å². The Labute approximate surface area is 172 Å². The van der Waals surface area contributed by atoms with E-state index in [1.165, 1.54) is 0 Å². The maximum absolute atomic E-state index is 11.7. The molecule has 3 unspecified atom stereocenters. The van der Waals surface area contributed by atoms with Gasteiger partial charge in [-0.3, -0.25) is 0 Å². The minimum Gasteiger partial charge on any atom is -0.456 e. The molecule has 0 saturated heterocycles. The van der Waals surface area contributed by atoms with Gasteiger partial charge < -0.3 is 19.7 Å². The number of aliphatic hydroxyl groups is 2. The Kier molecular flexibility index (Phi) is 5.36. The van der Waals surface area contributed by atoms with E-state index in [0.717, 1.165) is 32.1 Å². The zero-order valence-corrected chi connectivity index (χ0v) is 17.3. The van der Waals surface area contributed by atoms with E-state index in [1.807, 2.05) is 12.2 Å². The van der Waals surface area contributed by atoms with Crippen molar-refractivity contribution < 1.29 is 29.3 Å². The molecule has 4 rings (SSSR count). The number of hydrogen-bond donors (Lipinski definition) is 2. The predicted molar refractivity (Wildman–Crippen MR) is 105 cm³/mol. The van der Waals surface area contributed by atoms with Gasteiger partial charge in [0, 0.05) is 5.41 Å². The molecular weight excluding hydrogens is 372 g/mol. The van der Waals surface area contributed by atoms with Crippen molar-refractivity contribution in [3.63, 3.8) is 0 Å². The third-order valence-electron chi connectivity index (χ3n) is 8.39. The molecule has 0 amide bonds. The fraction of sp³-hybridized carbons (Fsp3) is 0.739. The number of rotatable bonds is 4. The largest absolute Gasteiger partial charge is 0.456 e. The van der Waals surface area contributed by atoms with Crippen LogP contribution in [0.15, 0.2) is 24.3 Å². The van der Waals surface area contributed by atoms with Gasteiger partial charge in [-0.15, -0.1) is 0 Å². The maximum Gasteiger partial charge on any atom is 0.332 e. The van der Waals surface area contributed by atoms with Gasteiger partial charge >= 0.3 is 11.9 Å². The second kappa shape index (κ2) is 7.55.